The van der Waals surface area contributed by atoms with Gasteiger partial charge in [0.25, 0.3) is 0 Å². The van der Waals surface area contributed by atoms with Crippen molar-refractivity contribution in [1.82, 2.24) is 14.9 Å². The summed E-state index contributed by atoms with van der Waals surface area (Å²) in [6, 6.07) is 17.3. The zero-order valence-corrected chi connectivity index (χ0v) is 16.0. The maximum absolute atomic E-state index is 13.2. The van der Waals surface area contributed by atoms with Crippen LogP contribution in [-0.4, -0.2) is 22.0 Å². The summed E-state index contributed by atoms with van der Waals surface area (Å²) < 4.78 is 1.92. The highest BCUT2D eigenvalue weighted by molar-refractivity contribution is 6.31. The molecule has 1 unspecified atom stereocenters. The van der Waals surface area contributed by atoms with Gasteiger partial charge in [-0.15, -0.1) is 0 Å². The van der Waals surface area contributed by atoms with Crippen molar-refractivity contribution in [1.29, 1.82) is 0 Å². The minimum atomic E-state index is -0.434. The number of carbonyl (C=O) groups is 1. The predicted molar refractivity (Wildman–Crippen MR) is 107 cm³/mol. The van der Waals surface area contributed by atoms with Gasteiger partial charge in [0.15, 0.2) is 0 Å². The Morgan fingerprint density at radius 2 is 1.89 bits per heavy atom. The molecule has 1 amide bonds. The summed E-state index contributed by atoms with van der Waals surface area (Å²) in [5.74, 6) is 0.784. The Balaban J connectivity index is 1.57. The predicted octanol–water partition coefficient (Wildman–Crippen LogP) is 4.28. The van der Waals surface area contributed by atoms with Crippen molar-refractivity contribution >= 4 is 17.5 Å². The summed E-state index contributed by atoms with van der Waals surface area (Å²) in [5.41, 5.74) is 2.03. The lowest BCUT2D eigenvalue weighted by Crippen LogP contribution is -2.38. The van der Waals surface area contributed by atoms with Gasteiger partial charge >= 0.3 is 0 Å². The summed E-state index contributed by atoms with van der Waals surface area (Å²) in [4.78, 5) is 17.5. The van der Waals surface area contributed by atoms with Gasteiger partial charge in [0.05, 0.1) is 0 Å². The molecule has 27 heavy (non-hydrogen) atoms. The van der Waals surface area contributed by atoms with Crippen molar-refractivity contribution in [2.24, 2.45) is 0 Å². The van der Waals surface area contributed by atoms with Gasteiger partial charge in [0.1, 0.15) is 11.9 Å². The standard InChI is InChI=1S/C22H22ClN3O/c1-16-24-13-14-26(16)20(17-7-3-2-4-8-17)21(27)25-15-22(11-12-22)18-9-5-6-10-19(18)23/h2-10,13-14,20H,11-12,15H2,1H3,(H,25,27). The highest BCUT2D eigenvalue weighted by atomic mass is 35.5. The molecule has 1 fully saturated rings. The van der Waals surface area contributed by atoms with Crippen molar-refractivity contribution < 1.29 is 4.79 Å². The van der Waals surface area contributed by atoms with Gasteiger partial charge in [-0.2, -0.15) is 0 Å². The Morgan fingerprint density at radius 1 is 1.19 bits per heavy atom. The van der Waals surface area contributed by atoms with Crippen molar-refractivity contribution in [3.05, 3.63) is 89.0 Å². The first-order chi connectivity index (χ1) is 13.1. The molecule has 4 nitrogen and oxygen atoms in total. The quantitative estimate of drug-likeness (QED) is 0.694. The van der Waals surface area contributed by atoms with Gasteiger partial charge in [-0.1, -0.05) is 60.1 Å². The van der Waals surface area contributed by atoms with E-state index in [4.69, 9.17) is 11.6 Å². The van der Waals surface area contributed by atoms with Crippen LogP contribution in [-0.2, 0) is 10.2 Å². The van der Waals surface area contributed by atoms with Crippen LogP contribution in [0.4, 0.5) is 0 Å². The van der Waals surface area contributed by atoms with E-state index in [0.717, 1.165) is 34.8 Å². The Kier molecular flexibility index (Phi) is 4.75. The van der Waals surface area contributed by atoms with E-state index in [9.17, 15) is 4.79 Å². The fraction of sp³-hybridized carbons (Fsp3) is 0.273. The first kappa shape index (κ1) is 17.8. The number of imidazole rings is 1. The van der Waals surface area contributed by atoms with Gasteiger partial charge in [-0.05, 0) is 37.0 Å². The summed E-state index contributed by atoms with van der Waals surface area (Å²) >= 11 is 6.40. The molecule has 1 N–H and O–H groups in total. The molecule has 4 rings (SSSR count). The number of aryl methyl sites for hydroxylation is 1. The van der Waals surface area contributed by atoms with Crippen LogP contribution in [0, 0.1) is 6.92 Å². The summed E-state index contributed by atoms with van der Waals surface area (Å²) in [6.45, 7) is 2.50. The second kappa shape index (κ2) is 7.20. The molecule has 0 radical (unpaired) electrons. The molecule has 0 aliphatic heterocycles. The van der Waals surface area contributed by atoms with Crippen LogP contribution in [0.5, 0.6) is 0 Å². The smallest absolute Gasteiger partial charge is 0.247 e. The molecule has 3 aromatic rings. The second-order valence-corrected chi connectivity index (χ2v) is 7.58. The van der Waals surface area contributed by atoms with E-state index in [1.54, 1.807) is 6.20 Å². The largest absolute Gasteiger partial charge is 0.353 e. The molecule has 1 aliphatic carbocycles. The first-order valence-electron chi connectivity index (χ1n) is 9.18. The zero-order chi connectivity index (χ0) is 18.9. The van der Waals surface area contributed by atoms with Crippen molar-refractivity contribution in [3.63, 3.8) is 0 Å². The second-order valence-electron chi connectivity index (χ2n) is 7.17. The molecule has 1 aromatic heterocycles. The molecule has 0 saturated heterocycles. The average molecular weight is 380 g/mol. The highest BCUT2D eigenvalue weighted by Crippen LogP contribution is 2.49. The highest BCUT2D eigenvalue weighted by Gasteiger charge is 2.45. The van der Waals surface area contributed by atoms with E-state index >= 15 is 0 Å². The fourth-order valence-electron chi connectivity index (χ4n) is 3.67. The molecule has 1 aliphatic rings. The maximum Gasteiger partial charge on any atom is 0.247 e. The molecule has 138 valence electrons. The van der Waals surface area contributed by atoms with E-state index in [2.05, 4.69) is 16.4 Å². The lowest BCUT2D eigenvalue weighted by Gasteiger charge is -2.23. The molecule has 1 heterocycles. The Hall–Kier alpha value is -2.59. The fourth-order valence-corrected chi connectivity index (χ4v) is 4.01. The number of nitrogens with one attached hydrogen (secondary N) is 1. The molecule has 0 bridgehead atoms. The third-order valence-corrected chi connectivity index (χ3v) is 5.73. The van der Waals surface area contributed by atoms with Gasteiger partial charge in [0.2, 0.25) is 5.91 Å². The first-order valence-corrected chi connectivity index (χ1v) is 9.56. The van der Waals surface area contributed by atoms with Crippen LogP contribution < -0.4 is 5.32 Å². The van der Waals surface area contributed by atoms with E-state index in [1.165, 1.54) is 0 Å². The number of amides is 1. The van der Waals surface area contributed by atoms with Gasteiger partial charge in [-0.25, -0.2) is 4.98 Å². The van der Waals surface area contributed by atoms with Crippen molar-refractivity contribution in [2.45, 2.75) is 31.2 Å². The number of hydrogen-bond donors (Lipinski definition) is 1. The van der Waals surface area contributed by atoms with Gasteiger partial charge in [-0.3, -0.25) is 4.79 Å². The Morgan fingerprint density at radius 3 is 2.52 bits per heavy atom. The number of nitrogens with zero attached hydrogens (tertiary/aromatic N) is 2. The monoisotopic (exact) mass is 379 g/mol. The van der Waals surface area contributed by atoms with Gasteiger partial charge in [0, 0.05) is 29.4 Å². The lowest BCUT2D eigenvalue weighted by molar-refractivity contribution is -0.123. The molecular weight excluding hydrogens is 358 g/mol. The van der Waals surface area contributed by atoms with Crippen LogP contribution in [0.3, 0.4) is 0 Å². The number of hydrogen-bond acceptors (Lipinski definition) is 2. The number of halogens is 1. The Labute approximate surface area is 164 Å². The molecule has 1 atom stereocenters. The number of carbonyl (C=O) groups excluding carboxylic acids is 1. The summed E-state index contributed by atoms with van der Waals surface area (Å²) in [6.07, 6.45) is 5.66. The van der Waals surface area contributed by atoms with Crippen LogP contribution >= 0.6 is 11.6 Å². The molecule has 1 saturated carbocycles. The van der Waals surface area contributed by atoms with Gasteiger partial charge < -0.3 is 9.88 Å². The number of aromatic nitrogens is 2. The number of rotatable bonds is 6. The average Bonchev–Trinajstić information content (AvgIpc) is 3.37. The number of benzene rings is 2. The van der Waals surface area contributed by atoms with Crippen LogP contribution in [0.15, 0.2) is 67.0 Å². The molecule has 0 spiro atoms. The minimum Gasteiger partial charge on any atom is -0.353 e. The van der Waals surface area contributed by atoms with Crippen molar-refractivity contribution in [3.8, 4) is 0 Å². The lowest BCUT2D eigenvalue weighted by atomic mass is 9.95. The van der Waals surface area contributed by atoms with Crippen LogP contribution in [0.25, 0.3) is 0 Å². The minimum absolute atomic E-state index is 0.0272. The zero-order valence-electron chi connectivity index (χ0n) is 15.2. The Bertz CT molecular complexity index is 947. The van der Waals surface area contributed by atoms with Crippen LogP contribution in [0.1, 0.15) is 35.8 Å². The van der Waals surface area contributed by atoms with E-state index in [1.807, 2.05) is 66.2 Å². The third kappa shape index (κ3) is 3.50. The SMILES string of the molecule is Cc1nccn1C(C(=O)NCC1(c2ccccc2Cl)CC1)c1ccccc1. The van der Waals surface area contributed by atoms with Crippen molar-refractivity contribution in [2.75, 3.05) is 6.54 Å². The normalized spacial score (nSPS) is 15.9. The third-order valence-electron chi connectivity index (χ3n) is 5.40. The maximum atomic E-state index is 13.2. The molecule has 5 heteroatoms. The van der Waals surface area contributed by atoms with Crippen LogP contribution in [0.2, 0.25) is 5.02 Å². The topological polar surface area (TPSA) is 46.9 Å². The van der Waals surface area contributed by atoms with E-state index < -0.39 is 6.04 Å². The molecule has 2 aromatic carbocycles. The summed E-state index contributed by atoms with van der Waals surface area (Å²) in [7, 11) is 0. The molecular formula is C22H22ClN3O. The van der Waals surface area contributed by atoms with E-state index in [0.29, 0.717) is 6.54 Å². The summed E-state index contributed by atoms with van der Waals surface area (Å²) in [5, 5.41) is 3.95. The van der Waals surface area contributed by atoms with E-state index in [-0.39, 0.29) is 11.3 Å².